The summed E-state index contributed by atoms with van der Waals surface area (Å²) in [5, 5.41) is 5.18. The summed E-state index contributed by atoms with van der Waals surface area (Å²) < 4.78 is 5.43. The van der Waals surface area contributed by atoms with Gasteiger partial charge in [0, 0.05) is 35.5 Å². The van der Waals surface area contributed by atoms with Crippen LogP contribution in [0.15, 0.2) is 71.5 Å². The smallest absolute Gasteiger partial charge is 0.167 e. The molecule has 0 bridgehead atoms. The van der Waals surface area contributed by atoms with Crippen LogP contribution in [-0.2, 0) is 6.42 Å². The van der Waals surface area contributed by atoms with Gasteiger partial charge in [0.05, 0.1) is 11.7 Å². The second-order valence-corrected chi connectivity index (χ2v) is 5.60. The molecule has 1 atom stereocenters. The van der Waals surface area contributed by atoms with Gasteiger partial charge in [0.25, 0.3) is 0 Å². The predicted octanol–water partition coefficient (Wildman–Crippen LogP) is 3.53. The van der Waals surface area contributed by atoms with Gasteiger partial charge >= 0.3 is 0 Å². The summed E-state index contributed by atoms with van der Waals surface area (Å²) in [5.74, 6) is 0. The molecular formula is C19H16N4O. The zero-order valence-electron chi connectivity index (χ0n) is 13.0. The number of benzene rings is 1. The fourth-order valence-corrected chi connectivity index (χ4v) is 2.83. The molecule has 0 unspecified atom stereocenters. The topological polar surface area (TPSA) is 77.8 Å². The van der Waals surface area contributed by atoms with E-state index in [1.54, 1.807) is 12.4 Å². The Kier molecular flexibility index (Phi) is 3.76. The van der Waals surface area contributed by atoms with Gasteiger partial charge in [-0.25, -0.2) is 0 Å². The average molecular weight is 316 g/mol. The van der Waals surface area contributed by atoms with E-state index in [1.165, 1.54) is 0 Å². The molecule has 0 fully saturated rings. The Morgan fingerprint density at radius 2 is 1.75 bits per heavy atom. The third-order valence-corrected chi connectivity index (χ3v) is 3.98. The monoisotopic (exact) mass is 316 g/mol. The number of hydrogen-bond donors (Lipinski definition) is 1. The highest BCUT2D eigenvalue weighted by Crippen LogP contribution is 2.31. The molecule has 2 N–H and O–H groups in total. The highest BCUT2D eigenvalue weighted by molar-refractivity contribution is 5.92. The number of aromatic nitrogens is 3. The first kappa shape index (κ1) is 14.5. The highest BCUT2D eigenvalue weighted by Gasteiger charge is 2.19. The molecule has 0 radical (unpaired) electrons. The van der Waals surface area contributed by atoms with Crippen molar-refractivity contribution >= 4 is 11.0 Å². The van der Waals surface area contributed by atoms with Crippen molar-refractivity contribution < 1.29 is 4.52 Å². The third kappa shape index (κ3) is 2.66. The number of pyridine rings is 2. The molecule has 0 saturated heterocycles. The van der Waals surface area contributed by atoms with E-state index < -0.39 is 0 Å². The Morgan fingerprint density at radius 1 is 0.917 bits per heavy atom. The van der Waals surface area contributed by atoms with Crippen molar-refractivity contribution in [2.75, 3.05) is 0 Å². The molecule has 0 aliphatic heterocycles. The van der Waals surface area contributed by atoms with Crippen molar-refractivity contribution in [1.82, 2.24) is 15.1 Å². The standard InChI is InChI=1S/C19H16N4O/c20-16(12-13-6-3-4-10-21-13)19-15(8-5-11-22-19)18-14-7-1-2-9-17(14)24-23-18/h1-11,16H,12,20H2/t16-/m0/s1. The number of fused-ring (bicyclic) bond motifs is 1. The minimum absolute atomic E-state index is 0.272. The molecule has 118 valence electrons. The van der Waals surface area contributed by atoms with E-state index in [1.807, 2.05) is 54.6 Å². The minimum Gasteiger partial charge on any atom is -0.356 e. The van der Waals surface area contributed by atoms with E-state index in [2.05, 4.69) is 15.1 Å². The predicted molar refractivity (Wildman–Crippen MR) is 92.1 cm³/mol. The van der Waals surface area contributed by atoms with Crippen LogP contribution < -0.4 is 5.73 Å². The van der Waals surface area contributed by atoms with Gasteiger partial charge in [0.2, 0.25) is 0 Å². The van der Waals surface area contributed by atoms with Gasteiger partial charge in [0.1, 0.15) is 5.69 Å². The van der Waals surface area contributed by atoms with Crippen LogP contribution in [0, 0.1) is 0 Å². The highest BCUT2D eigenvalue weighted by atomic mass is 16.5. The molecule has 0 aliphatic rings. The molecule has 4 rings (SSSR count). The van der Waals surface area contributed by atoms with E-state index in [0.717, 1.165) is 33.6 Å². The molecular weight excluding hydrogens is 300 g/mol. The van der Waals surface area contributed by atoms with Gasteiger partial charge in [-0.1, -0.05) is 23.4 Å². The summed E-state index contributed by atoms with van der Waals surface area (Å²) >= 11 is 0. The Balaban J connectivity index is 1.75. The number of rotatable bonds is 4. The molecule has 24 heavy (non-hydrogen) atoms. The summed E-state index contributed by atoms with van der Waals surface area (Å²) in [6.45, 7) is 0. The average Bonchev–Trinajstić information content (AvgIpc) is 3.06. The van der Waals surface area contributed by atoms with Crippen molar-refractivity contribution in [2.24, 2.45) is 5.73 Å². The van der Waals surface area contributed by atoms with E-state index in [9.17, 15) is 0 Å². The van der Waals surface area contributed by atoms with E-state index >= 15 is 0 Å². The fraction of sp³-hybridized carbons (Fsp3) is 0.105. The van der Waals surface area contributed by atoms with Crippen LogP contribution in [0.2, 0.25) is 0 Å². The lowest BCUT2D eigenvalue weighted by molar-refractivity contribution is 0.459. The molecule has 1 aromatic carbocycles. The van der Waals surface area contributed by atoms with Crippen LogP contribution in [0.1, 0.15) is 17.4 Å². The largest absolute Gasteiger partial charge is 0.356 e. The van der Waals surface area contributed by atoms with E-state index in [-0.39, 0.29) is 6.04 Å². The van der Waals surface area contributed by atoms with E-state index in [4.69, 9.17) is 10.3 Å². The third-order valence-electron chi connectivity index (χ3n) is 3.98. The number of para-hydroxylation sites is 1. The van der Waals surface area contributed by atoms with E-state index in [0.29, 0.717) is 6.42 Å². The molecule has 3 aromatic heterocycles. The summed E-state index contributed by atoms with van der Waals surface area (Å²) in [6, 6.07) is 17.2. The van der Waals surface area contributed by atoms with Gasteiger partial charge in [0.15, 0.2) is 5.58 Å². The Morgan fingerprint density at radius 3 is 2.62 bits per heavy atom. The fourth-order valence-electron chi connectivity index (χ4n) is 2.83. The van der Waals surface area contributed by atoms with Crippen LogP contribution in [0.5, 0.6) is 0 Å². The minimum atomic E-state index is -0.272. The summed E-state index contributed by atoms with van der Waals surface area (Å²) in [5.41, 5.74) is 10.6. The quantitative estimate of drug-likeness (QED) is 0.623. The zero-order chi connectivity index (χ0) is 16.4. The molecule has 0 saturated carbocycles. The Labute approximate surface area is 139 Å². The lowest BCUT2D eigenvalue weighted by Gasteiger charge is -2.14. The van der Waals surface area contributed by atoms with Crippen LogP contribution >= 0.6 is 0 Å². The summed E-state index contributed by atoms with van der Waals surface area (Å²) in [4.78, 5) is 8.85. The van der Waals surface area contributed by atoms with Gasteiger partial charge in [-0.3, -0.25) is 9.97 Å². The molecule has 5 nitrogen and oxygen atoms in total. The number of hydrogen-bond acceptors (Lipinski definition) is 5. The maximum absolute atomic E-state index is 6.42. The second kappa shape index (κ2) is 6.22. The zero-order valence-corrected chi connectivity index (χ0v) is 13.0. The Hall–Kier alpha value is -3.05. The second-order valence-electron chi connectivity index (χ2n) is 5.60. The molecule has 3 heterocycles. The SMILES string of the molecule is N[C@@H](Cc1ccccn1)c1ncccc1-c1noc2ccccc12. The molecule has 0 amide bonds. The molecule has 4 aromatic rings. The van der Waals surface area contributed by atoms with Gasteiger partial charge in [-0.2, -0.15) is 0 Å². The summed E-state index contributed by atoms with van der Waals surface area (Å²) in [6.07, 6.45) is 4.13. The number of nitrogens with two attached hydrogens (primary N) is 1. The first-order chi connectivity index (χ1) is 11.8. The van der Waals surface area contributed by atoms with Crippen molar-refractivity contribution in [3.8, 4) is 11.3 Å². The Bertz CT molecular complexity index is 965. The van der Waals surface area contributed by atoms with Gasteiger partial charge < -0.3 is 10.3 Å². The first-order valence-corrected chi connectivity index (χ1v) is 7.78. The molecule has 0 spiro atoms. The number of nitrogens with zero attached hydrogens (tertiary/aromatic N) is 3. The van der Waals surface area contributed by atoms with Gasteiger partial charge in [-0.05, 0) is 36.4 Å². The van der Waals surface area contributed by atoms with Crippen molar-refractivity contribution in [3.63, 3.8) is 0 Å². The lowest BCUT2D eigenvalue weighted by Crippen LogP contribution is -2.16. The molecule has 0 aliphatic carbocycles. The maximum Gasteiger partial charge on any atom is 0.167 e. The van der Waals surface area contributed by atoms with Crippen LogP contribution in [0.4, 0.5) is 0 Å². The van der Waals surface area contributed by atoms with Crippen molar-refractivity contribution in [1.29, 1.82) is 0 Å². The normalized spacial score (nSPS) is 12.4. The van der Waals surface area contributed by atoms with Gasteiger partial charge in [-0.15, -0.1) is 0 Å². The van der Waals surface area contributed by atoms with Crippen molar-refractivity contribution in [3.05, 3.63) is 78.4 Å². The summed E-state index contributed by atoms with van der Waals surface area (Å²) in [7, 11) is 0. The first-order valence-electron chi connectivity index (χ1n) is 7.78. The maximum atomic E-state index is 6.42. The lowest BCUT2D eigenvalue weighted by atomic mass is 9.99. The van der Waals surface area contributed by atoms with Crippen LogP contribution in [0.25, 0.3) is 22.2 Å². The van der Waals surface area contributed by atoms with Crippen LogP contribution in [-0.4, -0.2) is 15.1 Å². The molecule has 5 heteroatoms. The van der Waals surface area contributed by atoms with Crippen molar-refractivity contribution in [2.45, 2.75) is 12.5 Å². The van der Waals surface area contributed by atoms with Crippen LogP contribution in [0.3, 0.4) is 0 Å².